The van der Waals surface area contributed by atoms with Gasteiger partial charge in [0.25, 0.3) is 19.2 Å². The van der Waals surface area contributed by atoms with Crippen LogP contribution in [0.5, 0.6) is 0 Å². The summed E-state index contributed by atoms with van der Waals surface area (Å²) in [7, 11) is -6.17. The largest absolute Gasteiger partial charge is 0.400 e. The molecule has 0 aliphatic heterocycles. The standard InChI is InChI=1S/C13H10F2O5S2.C6H4ClFO2S.CH2Cl2.CH4O.CH4/c14-10-1-5-12(6-2-10)21(16,17)9-20-22(18,19)13-7-3-11(15)4-8-13;7-11(9,10)6-3-1-5(8)2-4-6;2-1-3;1-2;/h1-8H,9H2;1-4H;1H2;2H,1H3;1H4. The van der Waals surface area contributed by atoms with E-state index < -0.39 is 52.4 Å². The third-order valence-corrected chi connectivity index (χ3v) is 7.94. The van der Waals surface area contributed by atoms with Gasteiger partial charge in [-0.25, -0.2) is 34.2 Å². The zero-order valence-corrected chi connectivity index (χ0v) is 23.9. The fraction of sp³-hybridized carbons (Fsp3) is 0.182. The van der Waals surface area contributed by atoms with E-state index in [9.17, 15) is 38.4 Å². The van der Waals surface area contributed by atoms with E-state index in [0.29, 0.717) is 0 Å². The summed E-state index contributed by atoms with van der Waals surface area (Å²) in [5, 5.41) is 7.19. The van der Waals surface area contributed by atoms with Gasteiger partial charge in [-0.2, -0.15) is 8.42 Å². The first-order valence-electron chi connectivity index (χ1n) is 9.52. The van der Waals surface area contributed by atoms with Gasteiger partial charge in [0.2, 0.25) is 9.84 Å². The summed E-state index contributed by atoms with van der Waals surface area (Å²) < 4.78 is 111. The Morgan fingerprint density at radius 1 is 0.641 bits per heavy atom. The Hall–Kier alpha value is -1.91. The first-order valence-corrected chi connectivity index (χ1v) is 16.0. The van der Waals surface area contributed by atoms with Crippen molar-refractivity contribution in [1.29, 1.82) is 0 Å². The molecular weight excluding hydrogens is 652 g/mol. The van der Waals surface area contributed by atoms with Gasteiger partial charge in [0.15, 0.2) is 5.94 Å². The first kappa shape index (κ1) is 39.2. The number of aliphatic hydroxyl groups excluding tert-OH is 1. The van der Waals surface area contributed by atoms with Crippen LogP contribution in [0.2, 0.25) is 0 Å². The van der Waals surface area contributed by atoms with Gasteiger partial charge in [-0.05, 0) is 72.8 Å². The van der Waals surface area contributed by atoms with E-state index in [2.05, 4.69) is 4.18 Å². The maximum atomic E-state index is 12.8. The Balaban J connectivity index is 0. The molecule has 220 valence electrons. The third kappa shape index (κ3) is 14.9. The molecule has 0 amide bonds. The second kappa shape index (κ2) is 18.4. The van der Waals surface area contributed by atoms with Crippen molar-refractivity contribution < 1.29 is 47.7 Å². The van der Waals surface area contributed by atoms with Crippen molar-refractivity contribution in [1.82, 2.24) is 0 Å². The number of hydrogen-bond acceptors (Lipinski definition) is 8. The summed E-state index contributed by atoms with van der Waals surface area (Å²) in [5.74, 6) is -2.90. The molecule has 0 bridgehead atoms. The summed E-state index contributed by atoms with van der Waals surface area (Å²) in [5.41, 5.74) is 0. The summed E-state index contributed by atoms with van der Waals surface area (Å²) in [6, 6.07) is 11.9. The van der Waals surface area contributed by atoms with Crippen LogP contribution in [0.25, 0.3) is 0 Å². The first-order chi connectivity index (χ1) is 17.6. The molecule has 3 aromatic rings. The zero-order valence-electron chi connectivity index (χ0n) is 19.1. The summed E-state index contributed by atoms with van der Waals surface area (Å²) in [4.78, 5) is -0.744. The minimum atomic E-state index is -4.35. The van der Waals surface area contributed by atoms with Crippen LogP contribution in [-0.4, -0.2) is 48.7 Å². The second-order valence-electron chi connectivity index (χ2n) is 6.21. The molecule has 0 fully saturated rings. The highest BCUT2D eigenvalue weighted by atomic mass is 35.7. The SMILES string of the molecule is C.CO.ClCCl.O=S(=O)(COS(=O)(=O)c1ccc(F)cc1)c1ccc(F)cc1.O=S(=O)(Cl)c1ccc(F)cc1. The van der Waals surface area contributed by atoms with Crippen LogP contribution in [0.3, 0.4) is 0 Å². The van der Waals surface area contributed by atoms with Gasteiger partial charge in [0, 0.05) is 17.8 Å². The highest BCUT2D eigenvalue weighted by molar-refractivity contribution is 8.13. The van der Waals surface area contributed by atoms with E-state index in [4.69, 9.17) is 39.0 Å². The normalized spacial score (nSPS) is 10.8. The molecule has 1 N–H and O–H groups in total. The Morgan fingerprint density at radius 2 is 0.923 bits per heavy atom. The molecule has 3 rings (SSSR count). The van der Waals surface area contributed by atoms with E-state index in [-0.39, 0.29) is 27.5 Å². The van der Waals surface area contributed by atoms with Crippen LogP contribution in [0.1, 0.15) is 7.43 Å². The number of halogens is 6. The number of alkyl halides is 2. The summed E-state index contributed by atoms with van der Waals surface area (Å²) in [6.45, 7) is 0. The smallest absolute Gasteiger partial charge is 0.297 e. The van der Waals surface area contributed by atoms with Gasteiger partial charge < -0.3 is 5.11 Å². The number of hydrogen-bond donors (Lipinski definition) is 1. The average molecular weight is 676 g/mol. The molecule has 0 aromatic heterocycles. The van der Waals surface area contributed by atoms with Gasteiger partial charge in [-0.3, -0.25) is 0 Å². The molecule has 0 saturated carbocycles. The fourth-order valence-electron chi connectivity index (χ4n) is 2.10. The summed E-state index contributed by atoms with van der Waals surface area (Å²) >= 11 is 9.53. The molecule has 0 saturated heterocycles. The van der Waals surface area contributed by atoms with Crippen molar-refractivity contribution in [2.24, 2.45) is 0 Å². The molecule has 17 heteroatoms. The van der Waals surface area contributed by atoms with E-state index in [1.54, 1.807) is 0 Å². The minimum Gasteiger partial charge on any atom is -0.400 e. The predicted octanol–water partition coefficient (Wildman–Crippen LogP) is 5.52. The lowest BCUT2D eigenvalue weighted by atomic mass is 10.4. The minimum absolute atomic E-state index is 0. The molecule has 0 unspecified atom stereocenters. The van der Waals surface area contributed by atoms with E-state index in [1.807, 2.05) is 0 Å². The van der Waals surface area contributed by atoms with Crippen LogP contribution in [0.4, 0.5) is 13.2 Å². The molecule has 0 radical (unpaired) electrons. The summed E-state index contributed by atoms with van der Waals surface area (Å²) in [6.07, 6.45) is 0. The average Bonchev–Trinajstić information content (AvgIpc) is 2.85. The van der Waals surface area contributed by atoms with E-state index >= 15 is 0 Å². The highest BCUT2D eigenvalue weighted by Crippen LogP contribution is 2.17. The lowest BCUT2D eigenvalue weighted by molar-refractivity contribution is 0.368. The number of sulfone groups is 1. The molecule has 39 heavy (non-hydrogen) atoms. The van der Waals surface area contributed by atoms with Crippen LogP contribution >= 0.6 is 33.9 Å². The Bertz CT molecular complexity index is 1360. The number of aliphatic hydroxyl groups is 1. The molecule has 0 atom stereocenters. The van der Waals surface area contributed by atoms with Gasteiger partial charge in [-0.15, -0.1) is 23.2 Å². The van der Waals surface area contributed by atoms with Crippen molar-refractivity contribution in [3.8, 4) is 0 Å². The van der Waals surface area contributed by atoms with Gasteiger partial charge >= 0.3 is 0 Å². The van der Waals surface area contributed by atoms with Crippen molar-refractivity contribution in [3.63, 3.8) is 0 Å². The monoisotopic (exact) mass is 674 g/mol. The maximum absolute atomic E-state index is 12.8. The van der Waals surface area contributed by atoms with Gasteiger partial charge in [-0.1, -0.05) is 7.43 Å². The topological polar surface area (TPSA) is 132 Å². The van der Waals surface area contributed by atoms with E-state index in [1.165, 1.54) is 0 Å². The second-order valence-corrected chi connectivity index (χ2v) is 13.1. The number of benzene rings is 3. The van der Waals surface area contributed by atoms with Gasteiger partial charge in [0.1, 0.15) is 17.5 Å². The van der Waals surface area contributed by atoms with Gasteiger partial charge in [0.05, 0.1) is 20.0 Å². The Labute approximate surface area is 240 Å². The van der Waals surface area contributed by atoms with Crippen molar-refractivity contribution in [2.45, 2.75) is 22.1 Å². The van der Waals surface area contributed by atoms with Crippen LogP contribution in [0, 0.1) is 17.5 Å². The molecule has 0 spiro atoms. The highest BCUT2D eigenvalue weighted by Gasteiger charge is 2.22. The van der Waals surface area contributed by atoms with Crippen LogP contribution in [-0.2, 0) is 33.2 Å². The molecule has 3 aromatic carbocycles. The molecule has 8 nitrogen and oxygen atoms in total. The lowest BCUT2D eigenvalue weighted by Gasteiger charge is -2.07. The van der Waals surface area contributed by atoms with E-state index in [0.717, 1.165) is 79.9 Å². The van der Waals surface area contributed by atoms with Crippen molar-refractivity contribution in [3.05, 3.63) is 90.2 Å². The maximum Gasteiger partial charge on any atom is 0.297 e. The third-order valence-electron chi connectivity index (χ3n) is 3.73. The van der Waals surface area contributed by atoms with Crippen LogP contribution < -0.4 is 0 Å². The van der Waals surface area contributed by atoms with Crippen LogP contribution in [0.15, 0.2) is 87.5 Å². The molecule has 0 aliphatic rings. The molecular formula is C22H24Cl3F3O8S3. The number of rotatable bonds is 6. The Kier molecular flexibility index (Phi) is 18.6. The lowest BCUT2D eigenvalue weighted by Crippen LogP contribution is -2.15. The molecule has 0 aliphatic carbocycles. The van der Waals surface area contributed by atoms with Crippen molar-refractivity contribution in [2.75, 3.05) is 18.4 Å². The predicted molar refractivity (Wildman–Crippen MR) is 144 cm³/mol. The zero-order chi connectivity index (χ0) is 29.6. The Morgan fingerprint density at radius 3 is 1.23 bits per heavy atom. The quantitative estimate of drug-likeness (QED) is 0.156. The molecule has 0 heterocycles. The van der Waals surface area contributed by atoms with Crippen molar-refractivity contribution >= 4 is 62.9 Å². The fourth-order valence-corrected chi connectivity index (χ4v) is 5.18.